The van der Waals surface area contributed by atoms with Gasteiger partial charge in [0.25, 0.3) is 0 Å². The number of carbonyl (C=O) groups is 2. The van der Waals surface area contributed by atoms with Gasteiger partial charge in [-0.3, -0.25) is 4.79 Å². The molecule has 0 bridgehead atoms. The molecule has 4 nitrogen and oxygen atoms in total. The quantitative estimate of drug-likeness (QED) is 0.575. The second-order valence-electron chi connectivity index (χ2n) is 5.87. The zero-order valence-electron chi connectivity index (χ0n) is 13.7. The minimum absolute atomic E-state index is 0.0809. The number of carbonyl (C=O) groups excluding carboxylic acids is 2. The third-order valence-electron chi connectivity index (χ3n) is 4.28. The highest BCUT2D eigenvalue weighted by Gasteiger charge is 2.25. The first-order chi connectivity index (χ1) is 11.6. The monoisotopic (exact) mass is 321 g/mol. The molecule has 0 spiro atoms. The zero-order chi connectivity index (χ0) is 17.1. The van der Waals surface area contributed by atoms with E-state index in [4.69, 9.17) is 0 Å². The molecule has 0 amide bonds. The van der Waals surface area contributed by atoms with Crippen LogP contribution in [0, 0.1) is 6.92 Å². The van der Waals surface area contributed by atoms with E-state index in [1.165, 1.54) is 7.11 Å². The molecule has 0 saturated carbocycles. The lowest BCUT2D eigenvalue weighted by Crippen LogP contribution is -2.19. The number of hydrogen-bond acceptors (Lipinski definition) is 3. The van der Waals surface area contributed by atoms with Gasteiger partial charge < -0.3 is 9.72 Å². The molecule has 0 radical (unpaired) electrons. The molecule has 1 heterocycles. The first-order valence-electron chi connectivity index (χ1n) is 7.84. The van der Waals surface area contributed by atoms with E-state index in [1.807, 2.05) is 61.7 Å². The molecule has 1 aromatic heterocycles. The van der Waals surface area contributed by atoms with E-state index in [-0.39, 0.29) is 12.3 Å². The number of aryl methyl sites for hydroxylation is 1. The molecule has 2 aromatic carbocycles. The van der Waals surface area contributed by atoms with E-state index in [0.29, 0.717) is 0 Å². The smallest absolute Gasteiger partial charge is 0.374 e. The van der Waals surface area contributed by atoms with Crippen molar-refractivity contribution in [1.82, 2.24) is 4.98 Å². The average molecular weight is 321 g/mol. The van der Waals surface area contributed by atoms with Gasteiger partial charge in [0.05, 0.1) is 7.11 Å². The zero-order valence-corrected chi connectivity index (χ0v) is 13.7. The molecular weight excluding hydrogens is 302 g/mol. The molecule has 0 aliphatic rings. The molecule has 1 atom stereocenters. The summed E-state index contributed by atoms with van der Waals surface area (Å²) in [5, 5.41) is 1.06. The molecule has 1 N–H and O–H groups in total. The van der Waals surface area contributed by atoms with E-state index in [1.54, 1.807) is 0 Å². The SMILES string of the molecule is COC(=O)C(=O)C[C@@H](c1ccc(C)cc1)c1c[nH]c2ccccc12. The molecule has 24 heavy (non-hydrogen) atoms. The maximum absolute atomic E-state index is 12.2. The summed E-state index contributed by atoms with van der Waals surface area (Å²) in [5.74, 6) is -1.52. The molecule has 0 saturated heterocycles. The second kappa shape index (κ2) is 6.71. The van der Waals surface area contributed by atoms with Crippen molar-refractivity contribution < 1.29 is 14.3 Å². The number of Topliss-reactive ketones (excluding diaryl/α,β-unsaturated/α-hetero) is 1. The Morgan fingerprint density at radius 2 is 1.79 bits per heavy atom. The Morgan fingerprint density at radius 1 is 1.08 bits per heavy atom. The van der Waals surface area contributed by atoms with Gasteiger partial charge in [-0.2, -0.15) is 0 Å². The van der Waals surface area contributed by atoms with E-state index in [2.05, 4.69) is 9.72 Å². The van der Waals surface area contributed by atoms with Crippen molar-refractivity contribution in [3.8, 4) is 0 Å². The van der Waals surface area contributed by atoms with Gasteiger partial charge in [-0.1, -0.05) is 48.0 Å². The maximum atomic E-state index is 12.2. The van der Waals surface area contributed by atoms with Gasteiger partial charge in [-0.15, -0.1) is 0 Å². The van der Waals surface area contributed by atoms with E-state index >= 15 is 0 Å². The minimum Gasteiger partial charge on any atom is -0.463 e. The van der Waals surface area contributed by atoms with Crippen molar-refractivity contribution in [3.05, 3.63) is 71.4 Å². The van der Waals surface area contributed by atoms with Crippen LogP contribution in [-0.4, -0.2) is 23.8 Å². The van der Waals surface area contributed by atoms with Crippen molar-refractivity contribution in [2.45, 2.75) is 19.3 Å². The first-order valence-corrected chi connectivity index (χ1v) is 7.84. The number of fused-ring (bicyclic) bond motifs is 1. The summed E-state index contributed by atoms with van der Waals surface area (Å²) in [5.41, 5.74) is 4.17. The second-order valence-corrected chi connectivity index (χ2v) is 5.87. The number of H-pyrrole nitrogens is 1. The Bertz CT molecular complexity index is 877. The van der Waals surface area contributed by atoms with E-state index < -0.39 is 11.8 Å². The van der Waals surface area contributed by atoms with Crippen molar-refractivity contribution in [2.24, 2.45) is 0 Å². The largest absolute Gasteiger partial charge is 0.463 e. The summed E-state index contributed by atoms with van der Waals surface area (Å²) < 4.78 is 4.58. The van der Waals surface area contributed by atoms with Gasteiger partial charge in [-0.25, -0.2) is 4.79 Å². The van der Waals surface area contributed by atoms with Crippen LogP contribution in [-0.2, 0) is 14.3 Å². The van der Waals surface area contributed by atoms with Crippen LogP contribution in [0.2, 0.25) is 0 Å². The fraction of sp³-hybridized carbons (Fsp3) is 0.200. The van der Waals surface area contributed by atoms with Gasteiger partial charge in [0.1, 0.15) is 0 Å². The van der Waals surface area contributed by atoms with E-state index in [0.717, 1.165) is 27.6 Å². The van der Waals surface area contributed by atoms with Crippen molar-refractivity contribution >= 4 is 22.7 Å². The number of aromatic nitrogens is 1. The first kappa shape index (κ1) is 16.0. The average Bonchev–Trinajstić information content (AvgIpc) is 3.03. The molecule has 3 rings (SSSR count). The lowest BCUT2D eigenvalue weighted by atomic mass is 9.86. The van der Waals surface area contributed by atoms with Gasteiger partial charge in [-0.05, 0) is 24.1 Å². The van der Waals surface area contributed by atoms with Crippen LogP contribution in [0.25, 0.3) is 10.9 Å². The molecular formula is C20H19NO3. The summed E-state index contributed by atoms with van der Waals surface area (Å²) in [6, 6.07) is 16.0. The highest BCUT2D eigenvalue weighted by molar-refractivity contribution is 6.33. The van der Waals surface area contributed by atoms with Gasteiger partial charge >= 0.3 is 5.97 Å². The standard InChI is InChI=1S/C20H19NO3/c1-13-7-9-14(10-8-13)16(11-19(22)20(23)24-2)17-12-21-18-6-4-3-5-15(17)18/h3-10,12,16,21H,11H2,1-2H3/t16-/m0/s1. The Balaban J connectivity index is 2.06. The van der Waals surface area contributed by atoms with Crippen LogP contribution in [0.5, 0.6) is 0 Å². The predicted molar refractivity (Wildman–Crippen MR) is 93.0 cm³/mol. The summed E-state index contributed by atoms with van der Waals surface area (Å²) >= 11 is 0. The molecule has 4 heteroatoms. The third kappa shape index (κ3) is 3.08. The number of methoxy groups -OCH3 is 1. The molecule has 3 aromatic rings. The lowest BCUT2D eigenvalue weighted by Gasteiger charge is -2.16. The normalized spacial score (nSPS) is 12.1. The Labute approximate surface area is 140 Å². The summed E-state index contributed by atoms with van der Waals surface area (Å²) in [7, 11) is 1.23. The summed E-state index contributed by atoms with van der Waals surface area (Å²) in [6.07, 6.45) is 2.00. The number of nitrogens with one attached hydrogen (secondary N) is 1. The Hall–Kier alpha value is -2.88. The number of ketones is 1. The Morgan fingerprint density at radius 3 is 2.50 bits per heavy atom. The number of ether oxygens (including phenoxy) is 1. The van der Waals surface area contributed by atoms with Crippen molar-refractivity contribution in [3.63, 3.8) is 0 Å². The summed E-state index contributed by atoms with van der Waals surface area (Å²) in [4.78, 5) is 27.0. The minimum atomic E-state index is -0.799. The van der Waals surface area contributed by atoms with Gasteiger partial charge in [0.15, 0.2) is 0 Å². The highest BCUT2D eigenvalue weighted by Crippen LogP contribution is 2.33. The lowest BCUT2D eigenvalue weighted by molar-refractivity contribution is -0.151. The summed E-state index contributed by atoms with van der Waals surface area (Å²) in [6.45, 7) is 2.02. The van der Waals surface area contributed by atoms with Gasteiger partial charge in [0.2, 0.25) is 5.78 Å². The number of benzene rings is 2. The highest BCUT2D eigenvalue weighted by atomic mass is 16.5. The number of aromatic amines is 1. The van der Waals surface area contributed by atoms with Crippen LogP contribution >= 0.6 is 0 Å². The number of hydrogen-bond donors (Lipinski definition) is 1. The van der Waals surface area contributed by atoms with Crippen LogP contribution in [0.1, 0.15) is 29.0 Å². The fourth-order valence-corrected chi connectivity index (χ4v) is 2.97. The molecule has 122 valence electrons. The van der Waals surface area contributed by atoms with Crippen LogP contribution in [0.4, 0.5) is 0 Å². The Kier molecular flexibility index (Phi) is 4.47. The number of rotatable bonds is 5. The maximum Gasteiger partial charge on any atom is 0.374 e. The number of para-hydroxylation sites is 1. The molecule has 0 aliphatic carbocycles. The van der Waals surface area contributed by atoms with Crippen LogP contribution < -0.4 is 0 Å². The van der Waals surface area contributed by atoms with Crippen molar-refractivity contribution in [2.75, 3.05) is 7.11 Å². The van der Waals surface area contributed by atoms with Crippen LogP contribution in [0.15, 0.2) is 54.7 Å². The fourth-order valence-electron chi connectivity index (χ4n) is 2.97. The molecule has 0 unspecified atom stereocenters. The third-order valence-corrected chi connectivity index (χ3v) is 4.28. The predicted octanol–water partition coefficient (Wildman–Crippen LogP) is 3.74. The molecule has 0 fully saturated rings. The van der Waals surface area contributed by atoms with Gasteiger partial charge in [0, 0.05) is 29.4 Å². The van der Waals surface area contributed by atoms with Crippen molar-refractivity contribution in [1.29, 1.82) is 0 Å². The topological polar surface area (TPSA) is 59.2 Å². The number of esters is 1. The van der Waals surface area contributed by atoms with Crippen LogP contribution in [0.3, 0.4) is 0 Å². The molecule has 0 aliphatic heterocycles. The van der Waals surface area contributed by atoms with E-state index in [9.17, 15) is 9.59 Å².